The first kappa shape index (κ1) is 90.5. The van der Waals surface area contributed by atoms with Crippen molar-refractivity contribution in [2.24, 2.45) is 17.8 Å². The number of allylic oxidation sites excluding steroid dienone is 4. The zero-order valence-corrected chi connectivity index (χ0v) is 62.0. The third-order valence-electron chi connectivity index (χ3n) is 16.9. The molecular formula is C74H140O17P2. The quantitative estimate of drug-likeness (QED) is 0.0169. The molecule has 0 aliphatic rings. The van der Waals surface area contributed by atoms with Crippen LogP contribution >= 0.6 is 15.6 Å². The predicted octanol–water partition coefficient (Wildman–Crippen LogP) is 21.0. The van der Waals surface area contributed by atoms with Crippen LogP contribution in [0.3, 0.4) is 0 Å². The summed E-state index contributed by atoms with van der Waals surface area (Å²) in [6, 6.07) is 0. The molecule has 6 atom stereocenters. The Hall–Kier alpha value is -2.46. The minimum Gasteiger partial charge on any atom is -0.462 e. The van der Waals surface area contributed by atoms with Crippen LogP contribution in [0.5, 0.6) is 0 Å². The van der Waals surface area contributed by atoms with Crippen molar-refractivity contribution >= 4 is 39.5 Å². The van der Waals surface area contributed by atoms with Gasteiger partial charge in [0.15, 0.2) is 12.2 Å². The van der Waals surface area contributed by atoms with Gasteiger partial charge in [0.2, 0.25) is 0 Å². The standard InChI is InChI=1S/C74H140O17P2/c1-8-10-11-12-13-14-15-16-18-23-26-29-34-43-50-57-73(78)90-69(61-84-71(76)55-48-41-33-28-25-22-20-17-19-21-24-27-31-38-45-52-65(3)4)63-88-92(80,81)86-59-68(75)60-87-93(82,83)89-64-70(91-74(79)58-51-44-35-30-32-39-46-53-66(5)6)62-85-72(77)56-49-42-37-36-40-47-54-67(7)9-2/h14-16,18,65-70,75H,8-13,17,19-64H2,1-7H3,(H,80,81)(H,82,83)/b15-14-,18-16-/t67?,68-,69-,70-/m1/s1. The molecule has 0 rings (SSSR count). The molecular weight excluding hydrogens is 1220 g/mol. The Balaban J connectivity index is 5.26. The molecule has 548 valence electrons. The van der Waals surface area contributed by atoms with Gasteiger partial charge in [-0.05, 0) is 69.1 Å². The summed E-state index contributed by atoms with van der Waals surface area (Å²) >= 11 is 0. The Bertz CT molecular complexity index is 1910. The lowest BCUT2D eigenvalue weighted by Crippen LogP contribution is -2.30. The van der Waals surface area contributed by atoms with Crippen molar-refractivity contribution in [2.45, 2.75) is 369 Å². The molecule has 0 radical (unpaired) electrons. The van der Waals surface area contributed by atoms with Gasteiger partial charge in [-0.3, -0.25) is 37.3 Å². The molecule has 0 aliphatic heterocycles. The van der Waals surface area contributed by atoms with Crippen molar-refractivity contribution in [3.05, 3.63) is 24.3 Å². The fourth-order valence-electron chi connectivity index (χ4n) is 10.7. The summed E-state index contributed by atoms with van der Waals surface area (Å²) < 4.78 is 68.3. The monoisotopic (exact) mass is 1360 g/mol. The molecule has 0 aliphatic carbocycles. The van der Waals surface area contributed by atoms with Crippen LogP contribution in [0, 0.1) is 17.8 Å². The number of hydrogen-bond donors (Lipinski definition) is 3. The number of aliphatic hydroxyl groups is 1. The summed E-state index contributed by atoms with van der Waals surface area (Å²) in [6.07, 6.45) is 52.3. The molecule has 0 aromatic heterocycles. The Morgan fingerprint density at radius 3 is 0.957 bits per heavy atom. The van der Waals surface area contributed by atoms with E-state index < -0.39 is 97.5 Å². The van der Waals surface area contributed by atoms with E-state index in [1.165, 1.54) is 141 Å². The highest BCUT2D eigenvalue weighted by atomic mass is 31.2. The molecule has 0 bridgehead atoms. The SMILES string of the molecule is CCCCCC/C=C\C=C/CCCCCCCC(=O)O[C@H](COC(=O)CCCCCCCCCCCCCCCCCC(C)C)COP(=O)(O)OC[C@@H](O)COP(=O)(O)OC[C@@H](COC(=O)CCCCCCCCC(C)CC)OC(=O)CCCCCCCCCC(C)C. The summed E-state index contributed by atoms with van der Waals surface area (Å²) in [5, 5.41) is 10.6. The minimum atomic E-state index is -4.96. The van der Waals surface area contributed by atoms with Gasteiger partial charge < -0.3 is 33.8 Å². The number of rotatable bonds is 70. The molecule has 0 heterocycles. The fraction of sp³-hybridized carbons (Fsp3) is 0.892. The Morgan fingerprint density at radius 1 is 0.355 bits per heavy atom. The van der Waals surface area contributed by atoms with E-state index in [2.05, 4.69) is 72.8 Å². The van der Waals surface area contributed by atoms with E-state index >= 15 is 0 Å². The highest BCUT2D eigenvalue weighted by molar-refractivity contribution is 7.47. The Labute approximate surface area is 567 Å². The van der Waals surface area contributed by atoms with Gasteiger partial charge in [0.05, 0.1) is 26.4 Å². The summed E-state index contributed by atoms with van der Waals surface area (Å²) in [7, 11) is -9.92. The third kappa shape index (κ3) is 66.6. The van der Waals surface area contributed by atoms with Crippen molar-refractivity contribution in [2.75, 3.05) is 39.6 Å². The molecule has 0 aromatic rings. The number of phosphoric acid groups is 2. The lowest BCUT2D eigenvalue weighted by Gasteiger charge is -2.21. The molecule has 17 nitrogen and oxygen atoms in total. The Kier molecular flexibility index (Phi) is 62.5. The third-order valence-corrected chi connectivity index (χ3v) is 18.8. The summed E-state index contributed by atoms with van der Waals surface area (Å²) in [4.78, 5) is 72.6. The topological polar surface area (TPSA) is 237 Å². The van der Waals surface area contributed by atoms with Crippen LogP contribution in [0.1, 0.15) is 350 Å². The average Bonchev–Trinajstić information content (AvgIpc) is 3.73. The van der Waals surface area contributed by atoms with Gasteiger partial charge in [0, 0.05) is 25.7 Å². The number of hydrogen-bond acceptors (Lipinski definition) is 15. The van der Waals surface area contributed by atoms with Gasteiger partial charge >= 0.3 is 39.5 Å². The van der Waals surface area contributed by atoms with E-state index in [0.717, 1.165) is 121 Å². The van der Waals surface area contributed by atoms with Crippen molar-refractivity contribution < 1.29 is 80.2 Å². The summed E-state index contributed by atoms with van der Waals surface area (Å²) in [5.41, 5.74) is 0. The predicted molar refractivity (Wildman–Crippen MR) is 377 cm³/mol. The highest BCUT2D eigenvalue weighted by Gasteiger charge is 2.30. The summed E-state index contributed by atoms with van der Waals surface area (Å²) in [6.45, 7) is 11.7. The molecule has 3 unspecified atom stereocenters. The first-order chi connectivity index (χ1) is 44.8. The maximum absolute atomic E-state index is 13.1. The van der Waals surface area contributed by atoms with Crippen molar-refractivity contribution in [1.82, 2.24) is 0 Å². The van der Waals surface area contributed by atoms with Crippen LogP contribution in [0.2, 0.25) is 0 Å². The van der Waals surface area contributed by atoms with E-state index in [9.17, 15) is 43.2 Å². The smallest absolute Gasteiger partial charge is 0.462 e. The second kappa shape index (κ2) is 64.2. The van der Waals surface area contributed by atoms with Gasteiger partial charge in [0.25, 0.3) is 0 Å². The van der Waals surface area contributed by atoms with Crippen LogP contribution in [0.25, 0.3) is 0 Å². The van der Waals surface area contributed by atoms with E-state index in [4.69, 9.17) is 37.0 Å². The van der Waals surface area contributed by atoms with E-state index in [-0.39, 0.29) is 25.7 Å². The number of aliphatic hydroxyl groups excluding tert-OH is 1. The number of ether oxygens (including phenoxy) is 4. The van der Waals surface area contributed by atoms with Crippen molar-refractivity contribution in [3.63, 3.8) is 0 Å². The zero-order valence-electron chi connectivity index (χ0n) is 60.2. The number of carbonyl (C=O) groups excluding carboxylic acids is 4. The molecule has 0 amide bonds. The average molecular weight is 1360 g/mol. The lowest BCUT2D eigenvalue weighted by molar-refractivity contribution is -0.161. The van der Waals surface area contributed by atoms with Crippen LogP contribution < -0.4 is 0 Å². The molecule has 0 saturated heterocycles. The molecule has 3 N–H and O–H groups in total. The lowest BCUT2D eigenvalue weighted by atomic mass is 10.00. The maximum atomic E-state index is 13.1. The van der Waals surface area contributed by atoms with Crippen molar-refractivity contribution in [3.8, 4) is 0 Å². The second-order valence-electron chi connectivity index (χ2n) is 27.2. The Morgan fingerprint density at radius 2 is 0.634 bits per heavy atom. The van der Waals surface area contributed by atoms with Gasteiger partial charge in [0.1, 0.15) is 19.3 Å². The maximum Gasteiger partial charge on any atom is 0.472 e. The van der Waals surface area contributed by atoms with Crippen LogP contribution in [-0.4, -0.2) is 96.7 Å². The van der Waals surface area contributed by atoms with Gasteiger partial charge in [-0.1, -0.05) is 297 Å². The molecule has 93 heavy (non-hydrogen) atoms. The summed E-state index contributed by atoms with van der Waals surface area (Å²) in [5.74, 6) is 0.0723. The first-order valence-electron chi connectivity index (χ1n) is 37.7. The fourth-order valence-corrected chi connectivity index (χ4v) is 12.3. The van der Waals surface area contributed by atoms with Crippen molar-refractivity contribution in [1.29, 1.82) is 0 Å². The number of carbonyl (C=O) groups is 4. The van der Waals surface area contributed by atoms with Crippen LogP contribution in [0.15, 0.2) is 24.3 Å². The zero-order chi connectivity index (χ0) is 68.7. The number of phosphoric ester groups is 2. The molecule has 19 heteroatoms. The minimum absolute atomic E-state index is 0.0847. The van der Waals surface area contributed by atoms with Gasteiger partial charge in [-0.2, -0.15) is 0 Å². The molecule has 0 spiro atoms. The second-order valence-corrected chi connectivity index (χ2v) is 30.1. The van der Waals surface area contributed by atoms with E-state index in [0.29, 0.717) is 31.6 Å². The van der Waals surface area contributed by atoms with E-state index in [1.807, 2.05) is 0 Å². The van der Waals surface area contributed by atoms with Gasteiger partial charge in [-0.25, -0.2) is 9.13 Å². The number of esters is 4. The normalized spacial score (nSPS) is 14.6. The highest BCUT2D eigenvalue weighted by Crippen LogP contribution is 2.45. The van der Waals surface area contributed by atoms with Crippen LogP contribution in [-0.2, 0) is 65.4 Å². The van der Waals surface area contributed by atoms with Gasteiger partial charge in [-0.15, -0.1) is 0 Å². The molecule has 0 aromatic carbocycles. The molecule has 0 saturated carbocycles. The number of unbranched alkanes of at least 4 members (excludes halogenated alkanes) is 34. The van der Waals surface area contributed by atoms with Crippen LogP contribution in [0.4, 0.5) is 0 Å². The van der Waals surface area contributed by atoms with E-state index in [1.54, 1.807) is 0 Å². The first-order valence-corrected chi connectivity index (χ1v) is 40.7. The molecule has 0 fully saturated rings. The largest absolute Gasteiger partial charge is 0.472 e.